The third-order valence-electron chi connectivity index (χ3n) is 4.11. The average molecular weight is 374 g/mol. The molecule has 2 aromatic heterocycles. The Morgan fingerprint density at radius 1 is 1.44 bits per heavy atom. The molecule has 1 atom stereocenters. The van der Waals surface area contributed by atoms with Crippen LogP contribution in [0.1, 0.15) is 22.5 Å². The maximum atomic E-state index is 13.6. The highest BCUT2D eigenvalue weighted by molar-refractivity contribution is 6.32. The van der Waals surface area contributed by atoms with Crippen molar-refractivity contribution in [3.8, 4) is 5.82 Å². The Labute approximate surface area is 146 Å². The van der Waals surface area contributed by atoms with Gasteiger partial charge in [-0.25, -0.2) is 9.67 Å². The van der Waals surface area contributed by atoms with E-state index in [9.17, 15) is 18.0 Å². The molecule has 6 nitrogen and oxygen atoms in total. The van der Waals surface area contributed by atoms with Crippen molar-refractivity contribution in [3.63, 3.8) is 0 Å². The first-order chi connectivity index (χ1) is 11.8. The number of rotatable bonds is 3. The zero-order valence-electron chi connectivity index (χ0n) is 13.0. The lowest BCUT2D eigenvalue weighted by molar-refractivity contribution is -0.143. The number of carbonyl (C=O) groups is 1. The molecule has 1 aliphatic rings. The van der Waals surface area contributed by atoms with Gasteiger partial charge in [-0.1, -0.05) is 11.6 Å². The Kier molecular flexibility index (Phi) is 4.70. The quantitative estimate of drug-likeness (QED) is 0.896. The van der Waals surface area contributed by atoms with E-state index < -0.39 is 23.3 Å². The van der Waals surface area contributed by atoms with Crippen LogP contribution >= 0.6 is 11.6 Å². The predicted octanol–water partition coefficient (Wildman–Crippen LogP) is 2.36. The van der Waals surface area contributed by atoms with Gasteiger partial charge in [0.05, 0.1) is 16.8 Å². The predicted molar refractivity (Wildman–Crippen MR) is 84.4 cm³/mol. The van der Waals surface area contributed by atoms with E-state index in [2.05, 4.69) is 10.1 Å². The van der Waals surface area contributed by atoms with Crippen molar-refractivity contribution in [2.24, 2.45) is 11.7 Å². The van der Waals surface area contributed by atoms with Gasteiger partial charge in [-0.15, -0.1) is 0 Å². The summed E-state index contributed by atoms with van der Waals surface area (Å²) < 4.78 is 41.4. The van der Waals surface area contributed by atoms with Gasteiger partial charge >= 0.3 is 6.18 Å². The maximum Gasteiger partial charge on any atom is 0.434 e. The lowest BCUT2D eigenvalue weighted by Gasteiger charge is -2.18. The summed E-state index contributed by atoms with van der Waals surface area (Å²) in [7, 11) is 0. The number of aromatic nitrogens is 3. The first kappa shape index (κ1) is 17.7. The minimum atomic E-state index is -4.80. The number of nitrogens with two attached hydrogens (primary N) is 1. The van der Waals surface area contributed by atoms with E-state index in [1.165, 1.54) is 23.2 Å². The van der Waals surface area contributed by atoms with Crippen molar-refractivity contribution in [2.45, 2.75) is 12.6 Å². The third kappa shape index (κ3) is 3.34. The van der Waals surface area contributed by atoms with E-state index in [-0.39, 0.29) is 16.8 Å². The topological polar surface area (TPSA) is 77.0 Å². The second kappa shape index (κ2) is 6.64. The number of likely N-dealkylation sites (tertiary alicyclic amines) is 1. The Hall–Kier alpha value is -2.13. The maximum absolute atomic E-state index is 13.6. The van der Waals surface area contributed by atoms with Crippen molar-refractivity contribution in [3.05, 3.63) is 40.8 Å². The summed E-state index contributed by atoms with van der Waals surface area (Å²) in [4.78, 5) is 17.8. The Balaban J connectivity index is 2.04. The van der Waals surface area contributed by atoms with E-state index in [0.29, 0.717) is 30.7 Å². The minimum Gasteiger partial charge on any atom is -0.338 e. The molecule has 0 unspecified atom stereocenters. The zero-order valence-corrected chi connectivity index (χ0v) is 13.8. The molecule has 2 aromatic rings. The molecule has 0 saturated carbocycles. The number of hydrogen-bond acceptors (Lipinski definition) is 4. The van der Waals surface area contributed by atoms with Crippen LogP contribution in [0.5, 0.6) is 0 Å². The van der Waals surface area contributed by atoms with Gasteiger partial charge < -0.3 is 10.6 Å². The van der Waals surface area contributed by atoms with Gasteiger partial charge in [0.2, 0.25) is 0 Å². The number of halogens is 4. The van der Waals surface area contributed by atoms with Crippen molar-refractivity contribution in [1.29, 1.82) is 0 Å². The molecule has 0 aliphatic carbocycles. The molecule has 0 aromatic carbocycles. The molecule has 25 heavy (non-hydrogen) atoms. The summed E-state index contributed by atoms with van der Waals surface area (Å²) in [5.41, 5.74) is 3.87. The fraction of sp³-hybridized carbons (Fsp3) is 0.400. The molecule has 0 bridgehead atoms. The molecule has 134 valence electrons. The summed E-state index contributed by atoms with van der Waals surface area (Å²) in [6.45, 7) is 1.09. The molecule has 3 rings (SSSR count). The minimum absolute atomic E-state index is 0.000493. The highest BCUT2D eigenvalue weighted by Gasteiger charge is 2.42. The molecule has 0 spiro atoms. The second-order valence-corrected chi connectivity index (χ2v) is 6.17. The molecule has 1 amide bonds. The third-order valence-corrected chi connectivity index (χ3v) is 4.41. The van der Waals surface area contributed by atoms with Gasteiger partial charge in [-0.05, 0) is 31.0 Å². The first-order valence-corrected chi connectivity index (χ1v) is 7.96. The number of carbonyl (C=O) groups excluding carboxylic acids is 1. The van der Waals surface area contributed by atoms with Crippen molar-refractivity contribution in [2.75, 3.05) is 19.6 Å². The first-order valence-electron chi connectivity index (χ1n) is 7.58. The van der Waals surface area contributed by atoms with Crippen LogP contribution in [-0.2, 0) is 6.18 Å². The smallest absolute Gasteiger partial charge is 0.338 e. The van der Waals surface area contributed by atoms with Crippen molar-refractivity contribution >= 4 is 17.5 Å². The van der Waals surface area contributed by atoms with Crippen LogP contribution in [0.3, 0.4) is 0 Å². The van der Waals surface area contributed by atoms with Gasteiger partial charge in [0, 0.05) is 19.3 Å². The SMILES string of the molecule is NC[C@H]1CCN(C(=O)c2cnn(-c3ncccc3Cl)c2C(F)(F)F)C1. The lowest BCUT2D eigenvalue weighted by atomic mass is 10.1. The molecule has 3 heterocycles. The highest BCUT2D eigenvalue weighted by Crippen LogP contribution is 2.35. The van der Waals surface area contributed by atoms with E-state index in [1.54, 1.807) is 0 Å². The van der Waals surface area contributed by atoms with E-state index in [1.807, 2.05) is 0 Å². The van der Waals surface area contributed by atoms with Crippen molar-refractivity contribution < 1.29 is 18.0 Å². The van der Waals surface area contributed by atoms with Crippen LogP contribution in [0.25, 0.3) is 5.82 Å². The summed E-state index contributed by atoms with van der Waals surface area (Å²) in [5, 5.41) is 3.72. The van der Waals surface area contributed by atoms with Gasteiger partial charge in [0.15, 0.2) is 11.5 Å². The van der Waals surface area contributed by atoms with Crippen LogP contribution in [0, 0.1) is 5.92 Å². The van der Waals surface area contributed by atoms with Crippen LogP contribution in [0.2, 0.25) is 5.02 Å². The number of nitrogens with zero attached hydrogens (tertiary/aromatic N) is 4. The number of pyridine rings is 1. The zero-order chi connectivity index (χ0) is 18.2. The Morgan fingerprint density at radius 2 is 2.20 bits per heavy atom. The lowest BCUT2D eigenvalue weighted by Crippen LogP contribution is -2.31. The normalized spacial score (nSPS) is 18.0. The molecular weight excluding hydrogens is 359 g/mol. The van der Waals surface area contributed by atoms with E-state index in [4.69, 9.17) is 17.3 Å². The molecule has 2 N–H and O–H groups in total. The Morgan fingerprint density at radius 3 is 2.80 bits per heavy atom. The summed E-state index contributed by atoms with van der Waals surface area (Å²) in [5.74, 6) is -0.808. The molecule has 1 saturated heterocycles. The fourth-order valence-electron chi connectivity index (χ4n) is 2.85. The van der Waals surface area contributed by atoms with Crippen LogP contribution in [0.4, 0.5) is 13.2 Å². The molecule has 1 fully saturated rings. The van der Waals surface area contributed by atoms with Gasteiger partial charge in [-0.3, -0.25) is 4.79 Å². The van der Waals surface area contributed by atoms with Crippen LogP contribution in [-0.4, -0.2) is 45.2 Å². The van der Waals surface area contributed by atoms with E-state index in [0.717, 1.165) is 6.20 Å². The summed E-state index contributed by atoms with van der Waals surface area (Å²) in [6.07, 6.45) is -1.91. The molecule has 1 aliphatic heterocycles. The van der Waals surface area contributed by atoms with Crippen LogP contribution in [0.15, 0.2) is 24.5 Å². The fourth-order valence-corrected chi connectivity index (χ4v) is 3.05. The van der Waals surface area contributed by atoms with Gasteiger partial charge in [0.25, 0.3) is 5.91 Å². The standard InChI is InChI=1S/C15H15ClF3N5O/c16-11-2-1-4-21-13(11)24-12(15(17,18)19)10(7-22-24)14(25)23-5-3-9(6-20)8-23/h1-2,4,7,9H,3,5-6,8,20H2/t9-/m1/s1. The summed E-state index contributed by atoms with van der Waals surface area (Å²) >= 11 is 5.93. The highest BCUT2D eigenvalue weighted by atomic mass is 35.5. The number of amides is 1. The van der Waals surface area contributed by atoms with Gasteiger partial charge in [-0.2, -0.15) is 18.3 Å². The summed E-state index contributed by atoms with van der Waals surface area (Å²) in [6, 6.07) is 2.89. The number of hydrogen-bond donors (Lipinski definition) is 1. The van der Waals surface area contributed by atoms with Crippen LogP contribution < -0.4 is 5.73 Å². The van der Waals surface area contributed by atoms with E-state index >= 15 is 0 Å². The molecule has 10 heteroatoms. The average Bonchev–Trinajstić information content (AvgIpc) is 3.21. The molecular formula is C15H15ClF3N5O. The second-order valence-electron chi connectivity index (χ2n) is 5.77. The molecule has 0 radical (unpaired) electrons. The monoisotopic (exact) mass is 373 g/mol. The van der Waals surface area contributed by atoms with Gasteiger partial charge in [0.1, 0.15) is 0 Å². The Bertz CT molecular complexity index is 792. The number of alkyl halides is 3. The van der Waals surface area contributed by atoms with Crippen molar-refractivity contribution in [1.82, 2.24) is 19.7 Å². The largest absolute Gasteiger partial charge is 0.434 e.